The molecule has 0 atom stereocenters. The number of benzene rings is 1. The van der Waals surface area contributed by atoms with Gasteiger partial charge in [0.15, 0.2) is 0 Å². The molecule has 2 rings (SSSR count). The first-order valence-electron chi connectivity index (χ1n) is 6.41. The van der Waals surface area contributed by atoms with Gasteiger partial charge in [-0.15, -0.1) is 4.98 Å². The van der Waals surface area contributed by atoms with Gasteiger partial charge in [-0.05, 0) is 44.0 Å². The summed E-state index contributed by atoms with van der Waals surface area (Å²) in [7, 11) is 1.50. The molecule has 0 aliphatic carbocycles. The molecule has 0 saturated carbocycles. The fraction of sp³-hybridized carbons (Fsp3) is 0.357. The number of hydrogen-bond acceptors (Lipinski definition) is 6. The van der Waals surface area contributed by atoms with Crippen LogP contribution in [0.3, 0.4) is 0 Å². The molecule has 0 spiro atoms. The van der Waals surface area contributed by atoms with E-state index in [1.807, 2.05) is 39.0 Å². The second-order valence-electron chi connectivity index (χ2n) is 4.31. The Labute approximate surface area is 118 Å². The fourth-order valence-electron chi connectivity index (χ4n) is 1.59. The summed E-state index contributed by atoms with van der Waals surface area (Å²) in [6.45, 7) is 6.74. The van der Waals surface area contributed by atoms with Crippen LogP contribution >= 0.6 is 0 Å². The van der Waals surface area contributed by atoms with Gasteiger partial charge in [0.1, 0.15) is 5.75 Å². The molecule has 1 aromatic carbocycles. The predicted octanol–water partition coefficient (Wildman–Crippen LogP) is 2.72. The number of nitrogens with zero attached hydrogens (tertiary/aromatic N) is 3. The number of nitrogens with one attached hydrogen (secondary N) is 1. The average Bonchev–Trinajstić information content (AvgIpc) is 2.43. The first-order valence-corrected chi connectivity index (χ1v) is 6.41. The van der Waals surface area contributed by atoms with Crippen molar-refractivity contribution in [1.82, 2.24) is 15.0 Å². The summed E-state index contributed by atoms with van der Waals surface area (Å²) in [5.74, 6) is 1.11. The van der Waals surface area contributed by atoms with Gasteiger partial charge in [-0.25, -0.2) is 0 Å². The largest absolute Gasteiger partial charge is 0.467 e. The van der Waals surface area contributed by atoms with E-state index >= 15 is 0 Å². The van der Waals surface area contributed by atoms with E-state index in [0.29, 0.717) is 18.2 Å². The summed E-state index contributed by atoms with van der Waals surface area (Å²) in [6.07, 6.45) is 0. The monoisotopic (exact) mass is 274 g/mol. The zero-order valence-corrected chi connectivity index (χ0v) is 12.1. The number of aryl methyl sites for hydroxylation is 2. The van der Waals surface area contributed by atoms with Crippen LogP contribution in [0.15, 0.2) is 18.2 Å². The highest BCUT2D eigenvalue weighted by Gasteiger charge is 2.08. The lowest BCUT2D eigenvalue weighted by atomic mass is 10.1. The topological polar surface area (TPSA) is 69.2 Å². The summed E-state index contributed by atoms with van der Waals surface area (Å²) in [5.41, 5.74) is 2.36. The SMILES string of the molecule is CCNc1nc(OC)nc(Oc2ccc(C)c(C)c2)n1. The van der Waals surface area contributed by atoms with Crippen molar-refractivity contribution in [1.29, 1.82) is 0 Å². The lowest BCUT2D eigenvalue weighted by molar-refractivity contribution is 0.360. The van der Waals surface area contributed by atoms with E-state index in [1.54, 1.807) is 0 Å². The maximum absolute atomic E-state index is 5.66. The number of aromatic nitrogens is 3. The average molecular weight is 274 g/mol. The molecule has 0 amide bonds. The van der Waals surface area contributed by atoms with E-state index in [4.69, 9.17) is 9.47 Å². The van der Waals surface area contributed by atoms with Gasteiger partial charge in [-0.3, -0.25) is 0 Å². The van der Waals surface area contributed by atoms with Crippen molar-refractivity contribution in [2.24, 2.45) is 0 Å². The lowest BCUT2D eigenvalue weighted by Crippen LogP contribution is -2.06. The molecular weight excluding hydrogens is 256 g/mol. The van der Waals surface area contributed by atoms with E-state index < -0.39 is 0 Å². The van der Waals surface area contributed by atoms with Gasteiger partial charge < -0.3 is 14.8 Å². The van der Waals surface area contributed by atoms with E-state index in [0.717, 1.165) is 5.56 Å². The van der Waals surface area contributed by atoms with Crippen molar-refractivity contribution in [3.8, 4) is 17.8 Å². The number of ether oxygens (including phenoxy) is 2. The van der Waals surface area contributed by atoms with Crippen LogP contribution in [-0.4, -0.2) is 28.6 Å². The Kier molecular flexibility index (Phi) is 4.34. The van der Waals surface area contributed by atoms with Crippen LogP contribution in [0.2, 0.25) is 0 Å². The minimum atomic E-state index is 0.205. The van der Waals surface area contributed by atoms with Crippen molar-refractivity contribution in [2.45, 2.75) is 20.8 Å². The molecule has 0 radical (unpaired) electrons. The molecule has 106 valence electrons. The Morgan fingerprint density at radius 1 is 1.05 bits per heavy atom. The maximum atomic E-state index is 5.66. The summed E-state index contributed by atoms with van der Waals surface area (Å²) < 4.78 is 10.7. The van der Waals surface area contributed by atoms with Crippen LogP contribution in [-0.2, 0) is 0 Å². The lowest BCUT2D eigenvalue weighted by Gasteiger charge is -2.09. The minimum Gasteiger partial charge on any atom is -0.467 e. The molecule has 0 aliphatic heterocycles. The van der Waals surface area contributed by atoms with E-state index in [-0.39, 0.29) is 12.0 Å². The molecule has 0 aliphatic rings. The van der Waals surface area contributed by atoms with Crippen LogP contribution in [0.25, 0.3) is 0 Å². The second-order valence-corrected chi connectivity index (χ2v) is 4.31. The van der Waals surface area contributed by atoms with Crippen molar-refractivity contribution < 1.29 is 9.47 Å². The molecule has 0 bridgehead atoms. The molecule has 0 unspecified atom stereocenters. The Morgan fingerprint density at radius 3 is 2.45 bits per heavy atom. The molecule has 1 heterocycles. The Balaban J connectivity index is 2.27. The standard InChI is InChI=1S/C14H18N4O2/c1-5-15-12-16-13(19-4)18-14(17-12)20-11-7-6-9(2)10(3)8-11/h6-8H,5H2,1-4H3,(H,15,16,17,18). The molecule has 6 nitrogen and oxygen atoms in total. The van der Waals surface area contributed by atoms with Crippen LogP contribution in [0.5, 0.6) is 17.8 Å². The molecule has 1 N–H and O–H groups in total. The number of hydrogen-bond donors (Lipinski definition) is 1. The van der Waals surface area contributed by atoms with Crippen LogP contribution in [0, 0.1) is 13.8 Å². The van der Waals surface area contributed by atoms with Gasteiger partial charge in [0.05, 0.1) is 7.11 Å². The number of methoxy groups -OCH3 is 1. The van der Waals surface area contributed by atoms with Gasteiger partial charge in [-0.1, -0.05) is 6.07 Å². The third-order valence-corrected chi connectivity index (χ3v) is 2.80. The van der Waals surface area contributed by atoms with Crippen LogP contribution < -0.4 is 14.8 Å². The fourth-order valence-corrected chi connectivity index (χ4v) is 1.59. The van der Waals surface area contributed by atoms with Gasteiger partial charge in [0, 0.05) is 6.54 Å². The van der Waals surface area contributed by atoms with Gasteiger partial charge in [0.25, 0.3) is 0 Å². The molecule has 20 heavy (non-hydrogen) atoms. The van der Waals surface area contributed by atoms with E-state index in [9.17, 15) is 0 Å². The minimum absolute atomic E-state index is 0.205. The van der Waals surface area contributed by atoms with Gasteiger partial charge in [-0.2, -0.15) is 9.97 Å². The molecule has 6 heteroatoms. The van der Waals surface area contributed by atoms with Crippen molar-refractivity contribution in [2.75, 3.05) is 19.0 Å². The first-order chi connectivity index (χ1) is 9.62. The van der Waals surface area contributed by atoms with E-state index in [2.05, 4.69) is 20.3 Å². The third-order valence-electron chi connectivity index (χ3n) is 2.80. The summed E-state index contributed by atoms with van der Waals surface area (Å²) >= 11 is 0. The number of anilines is 1. The highest BCUT2D eigenvalue weighted by Crippen LogP contribution is 2.22. The Bertz CT molecular complexity index is 602. The molecule has 0 saturated heterocycles. The zero-order valence-electron chi connectivity index (χ0n) is 12.1. The summed E-state index contributed by atoms with van der Waals surface area (Å²) in [5, 5.41) is 3.01. The predicted molar refractivity (Wildman–Crippen MR) is 76.5 cm³/mol. The van der Waals surface area contributed by atoms with Crippen molar-refractivity contribution in [3.63, 3.8) is 0 Å². The molecule has 1 aromatic heterocycles. The smallest absolute Gasteiger partial charge is 0.330 e. The summed E-state index contributed by atoms with van der Waals surface area (Å²) in [4.78, 5) is 12.3. The highest BCUT2D eigenvalue weighted by molar-refractivity contribution is 5.36. The van der Waals surface area contributed by atoms with Crippen molar-refractivity contribution >= 4 is 5.95 Å². The zero-order chi connectivity index (χ0) is 14.5. The Hall–Kier alpha value is -2.37. The third kappa shape index (κ3) is 3.34. The highest BCUT2D eigenvalue weighted by atomic mass is 16.5. The molecular formula is C14H18N4O2. The quantitative estimate of drug-likeness (QED) is 0.904. The van der Waals surface area contributed by atoms with Crippen LogP contribution in [0.4, 0.5) is 5.95 Å². The first kappa shape index (κ1) is 14.0. The summed E-state index contributed by atoms with van der Waals surface area (Å²) in [6, 6.07) is 6.24. The molecule has 0 fully saturated rings. The second kappa shape index (κ2) is 6.18. The van der Waals surface area contributed by atoms with Crippen molar-refractivity contribution in [3.05, 3.63) is 29.3 Å². The normalized spacial score (nSPS) is 10.2. The van der Waals surface area contributed by atoms with Gasteiger partial charge in [0.2, 0.25) is 5.95 Å². The van der Waals surface area contributed by atoms with E-state index in [1.165, 1.54) is 12.7 Å². The Morgan fingerprint density at radius 2 is 1.80 bits per heavy atom. The maximum Gasteiger partial charge on any atom is 0.330 e. The van der Waals surface area contributed by atoms with Crippen LogP contribution in [0.1, 0.15) is 18.1 Å². The van der Waals surface area contributed by atoms with Gasteiger partial charge >= 0.3 is 12.0 Å². The molecule has 2 aromatic rings. The number of rotatable bonds is 5.